The molecule has 0 spiro atoms. The van der Waals surface area contributed by atoms with Crippen LogP contribution in [0.2, 0.25) is 0 Å². The van der Waals surface area contributed by atoms with Crippen LogP contribution in [0, 0.1) is 11.3 Å². The number of esters is 1. The first-order valence-corrected chi connectivity index (χ1v) is 6.62. The molecule has 0 saturated carbocycles. The molecule has 0 aliphatic carbocycles. The number of halogens is 1. The number of rotatable bonds is 3. The molecule has 2 aromatic rings. The van der Waals surface area contributed by atoms with E-state index >= 15 is 0 Å². The van der Waals surface area contributed by atoms with Crippen LogP contribution in [0.1, 0.15) is 21.5 Å². The third-order valence-electron chi connectivity index (χ3n) is 2.75. The molecule has 0 aromatic heterocycles. The molecule has 0 aliphatic rings. The van der Waals surface area contributed by atoms with Crippen LogP contribution in [0.25, 0.3) is 0 Å². The van der Waals surface area contributed by atoms with Gasteiger partial charge in [-0.1, -0.05) is 24.3 Å². The third kappa shape index (κ3) is 2.98. The second kappa shape index (κ2) is 6.22. The maximum atomic E-state index is 12.0. The van der Waals surface area contributed by atoms with E-state index in [9.17, 15) is 4.79 Å². The highest BCUT2D eigenvalue weighted by Crippen LogP contribution is 2.24. The Morgan fingerprint density at radius 2 is 2.00 bits per heavy atom. The van der Waals surface area contributed by atoms with E-state index in [0.717, 1.165) is 0 Å². The lowest BCUT2D eigenvalue weighted by molar-refractivity contribution is 0.0471. The average Bonchev–Trinajstić information content (AvgIpc) is 2.48. The molecule has 0 radical (unpaired) electrons. The van der Waals surface area contributed by atoms with Gasteiger partial charge in [0.05, 0.1) is 21.7 Å². The Morgan fingerprint density at radius 3 is 2.75 bits per heavy atom. The molecule has 4 nitrogen and oxygen atoms in total. The van der Waals surface area contributed by atoms with E-state index < -0.39 is 5.97 Å². The quantitative estimate of drug-likeness (QED) is 0.692. The van der Waals surface area contributed by atoms with Gasteiger partial charge in [-0.2, -0.15) is 5.26 Å². The minimum atomic E-state index is -0.489. The fraction of sp³-hybridized carbons (Fsp3) is 0.0667. The largest absolute Gasteiger partial charge is 0.457 e. The Balaban J connectivity index is 2.13. The molecular formula is C15H11BrN2O2. The summed E-state index contributed by atoms with van der Waals surface area (Å²) in [5, 5.41) is 8.97. The van der Waals surface area contributed by atoms with Crippen LogP contribution in [0.4, 0.5) is 5.69 Å². The van der Waals surface area contributed by atoms with Crippen LogP contribution < -0.4 is 5.73 Å². The molecule has 2 N–H and O–H groups in total. The number of nitrogens with two attached hydrogens (primary N) is 1. The molecule has 0 atom stereocenters. The van der Waals surface area contributed by atoms with Gasteiger partial charge in [-0.25, -0.2) is 4.79 Å². The molecule has 0 unspecified atom stereocenters. The van der Waals surface area contributed by atoms with Crippen LogP contribution in [-0.2, 0) is 11.3 Å². The van der Waals surface area contributed by atoms with Crippen molar-refractivity contribution in [3.05, 3.63) is 63.6 Å². The molecule has 2 rings (SSSR count). The number of carbonyl (C=O) groups is 1. The van der Waals surface area contributed by atoms with E-state index in [1.165, 1.54) is 0 Å². The summed E-state index contributed by atoms with van der Waals surface area (Å²) in [5.41, 5.74) is 7.71. The van der Waals surface area contributed by atoms with Crippen molar-refractivity contribution in [2.45, 2.75) is 6.61 Å². The maximum Gasteiger partial charge on any atom is 0.339 e. The second-order valence-corrected chi connectivity index (χ2v) is 4.85. The zero-order valence-corrected chi connectivity index (χ0v) is 12.1. The Kier molecular flexibility index (Phi) is 4.38. The summed E-state index contributed by atoms with van der Waals surface area (Å²) < 4.78 is 5.73. The van der Waals surface area contributed by atoms with Crippen molar-refractivity contribution in [2.24, 2.45) is 0 Å². The molecule has 100 valence electrons. The number of nitrogens with zero attached hydrogens (tertiary/aromatic N) is 1. The first kappa shape index (κ1) is 14.1. The van der Waals surface area contributed by atoms with Gasteiger partial charge in [-0.05, 0) is 34.1 Å². The number of hydrogen-bond donors (Lipinski definition) is 1. The number of carbonyl (C=O) groups excluding carboxylic acids is 1. The second-order valence-electron chi connectivity index (χ2n) is 4.05. The fourth-order valence-electron chi connectivity index (χ4n) is 1.68. The lowest BCUT2D eigenvalue weighted by Crippen LogP contribution is -2.07. The predicted octanol–water partition coefficient (Wildman–Crippen LogP) is 3.26. The van der Waals surface area contributed by atoms with Crippen LogP contribution in [0.3, 0.4) is 0 Å². The van der Waals surface area contributed by atoms with Crippen molar-refractivity contribution in [1.29, 1.82) is 5.26 Å². The number of nitrogen functional groups attached to an aromatic ring is 1. The number of benzene rings is 2. The highest BCUT2D eigenvalue weighted by atomic mass is 79.9. The van der Waals surface area contributed by atoms with Crippen LogP contribution >= 0.6 is 15.9 Å². The first-order chi connectivity index (χ1) is 9.63. The fourth-order valence-corrected chi connectivity index (χ4v) is 2.11. The highest BCUT2D eigenvalue weighted by Gasteiger charge is 2.14. The van der Waals surface area contributed by atoms with E-state index in [1.54, 1.807) is 42.5 Å². The van der Waals surface area contributed by atoms with Gasteiger partial charge in [0.25, 0.3) is 0 Å². The Labute approximate surface area is 124 Å². The van der Waals surface area contributed by atoms with Gasteiger partial charge in [-0.15, -0.1) is 0 Å². The van der Waals surface area contributed by atoms with Crippen molar-refractivity contribution in [3.8, 4) is 6.07 Å². The summed E-state index contributed by atoms with van der Waals surface area (Å²) >= 11 is 3.26. The number of ether oxygens (including phenoxy) is 1. The van der Waals surface area contributed by atoms with Gasteiger partial charge in [-0.3, -0.25) is 0 Å². The topological polar surface area (TPSA) is 76.1 Å². The van der Waals surface area contributed by atoms with Crippen LogP contribution in [0.15, 0.2) is 46.9 Å². The van der Waals surface area contributed by atoms with Gasteiger partial charge in [0, 0.05) is 11.3 Å². The Morgan fingerprint density at radius 1 is 1.25 bits per heavy atom. The standard InChI is InChI=1S/C15H11BrN2O2/c16-14-12(6-3-7-13(14)18)15(19)20-9-11-5-2-1-4-10(11)8-17/h1-7H,9,18H2. The van der Waals surface area contributed by atoms with Gasteiger partial charge in [0.1, 0.15) is 6.61 Å². The lowest BCUT2D eigenvalue weighted by atomic mass is 10.1. The molecule has 5 heteroatoms. The van der Waals surface area contributed by atoms with Crippen molar-refractivity contribution >= 4 is 27.6 Å². The van der Waals surface area contributed by atoms with E-state index in [1.807, 2.05) is 0 Å². The zero-order valence-electron chi connectivity index (χ0n) is 10.5. The summed E-state index contributed by atoms with van der Waals surface area (Å²) in [6.07, 6.45) is 0. The molecule has 0 bridgehead atoms. The first-order valence-electron chi connectivity index (χ1n) is 5.82. The van der Waals surface area contributed by atoms with Gasteiger partial charge < -0.3 is 10.5 Å². The molecule has 20 heavy (non-hydrogen) atoms. The summed E-state index contributed by atoms with van der Waals surface area (Å²) in [5.74, 6) is -0.489. The number of hydrogen-bond acceptors (Lipinski definition) is 4. The average molecular weight is 331 g/mol. The van der Waals surface area contributed by atoms with Crippen LogP contribution in [-0.4, -0.2) is 5.97 Å². The number of nitriles is 1. The highest BCUT2D eigenvalue weighted by molar-refractivity contribution is 9.10. The molecule has 0 fully saturated rings. The van der Waals surface area contributed by atoms with Crippen molar-refractivity contribution < 1.29 is 9.53 Å². The van der Waals surface area contributed by atoms with Gasteiger partial charge in [0.15, 0.2) is 0 Å². The van der Waals surface area contributed by atoms with Crippen molar-refractivity contribution in [1.82, 2.24) is 0 Å². The predicted molar refractivity (Wildman–Crippen MR) is 78.8 cm³/mol. The van der Waals surface area contributed by atoms with E-state index in [4.69, 9.17) is 15.7 Å². The minimum absolute atomic E-state index is 0.0454. The summed E-state index contributed by atoms with van der Waals surface area (Å²) in [4.78, 5) is 12.0. The lowest BCUT2D eigenvalue weighted by Gasteiger charge is -2.08. The smallest absolute Gasteiger partial charge is 0.339 e. The minimum Gasteiger partial charge on any atom is -0.457 e. The van der Waals surface area contributed by atoms with E-state index in [2.05, 4.69) is 22.0 Å². The Hall–Kier alpha value is -2.32. The number of anilines is 1. The zero-order chi connectivity index (χ0) is 14.5. The monoisotopic (exact) mass is 330 g/mol. The molecule has 0 saturated heterocycles. The molecule has 0 aliphatic heterocycles. The van der Waals surface area contributed by atoms with Crippen molar-refractivity contribution in [3.63, 3.8) is 0 Å². The summed E-state index contributed by atoms with van der Waals surface area (Å²) in [6.45, 7) is 0.0454. The van der Waals surface area contributed by atoms with Crippen molar-refractivity contribution in [2.75, 3.05) is 5.73 Å². The third-order valence-corrected chi connectivity index (χ3v) is 3.63. The van der Waals surface area contributed by atoms with Gasteiger partial charge in [0.2, 0.25) is 0 Å². The van der Waals surface area contributed by atoms with Gasteiger partial charge >= 0.3 is 5.97 Å². The summed E-state index contributed by atoms with van der Waals surface area (Å²) in [6, 6.07) is 14.0. The van der Waals surface area contributed by atoms with E-state index in [-0.39, 0.29) is 6.61 Å². The molecular weight excluding hydrogens is 320 g/mol. The summed E-state index contributed by atoms with van der Waals surface area (Å²) in [7, 11) is 0. The van der Waals surface area contributed by atoms with E-state index in [0.29, 0.717) is 26.9 Å². The SMILES string of the molecule is N#Cc1ccccc1COC(=O)c1cccc(N)c1Br. The van der Waals surface area contributed by atoms with Crippen LogP contribution in [0.5, 0.6) is 0 Å². The maximum absolute atomic E-state index is 12.0. The molecule has 2 aromatic carbocycles. The molecule has 0 heterocycles. The molecule has 0 amide bonds. The normalized spacial score (nSPS) is 9.80. The Bertz CT molecular complexity index is 693.